The third kappa shape index (κ3) is 4.78. The minimum Gasteiger partial charge on any atom is -0.492 e. The predicted molar refractivity (Wildman–Crippen MR) is 116 cm³/mol. The van der Waals surface area contributed by atoms with Crippen LogP contribution in [0.5, 0.6) is 5.75 Å². The summed E-state index contributed by atoms with van der Waals surface area (Å²) in [6, 6.07) is 15.0. The molecule has 4 rings (SSSR count). The Hall–Kier alpha value is -2.41. The maximum Gasteiger partial charge on any atom is 0.258 e. The Morgan fingerprint density at radius 3 is 2.59 bits per heavy atom. The van der Waals surface area contributed by atoms with Gasteiger partial charge in [0.05, 0.1) is 16.9 Å². The summed E-state index contributed by atoms with van der Waals surface area (Å²) in [7, 11) is 0. The molecule has 1 aliphatic heterocycles. The van der Waals surface area contributed by atoms with Gasteiger partial charge in [0.1, 0.15) is 18.2 Å². The Kier molecular flexibility index (Phi) is 6.13. The van der Waals surface area contributed by atoms with Crippen molar-refractivity contribution in [2.75, 3.05) is 39.3 Å². The Bertz CT molecular complexity index is 1010. The van der Waals surface area contributed by atoms with Gasteiger partial charge in [-0.25, -0.2) is 4.98 Å². The van der Waals surface area contributed by atoms with Crippen LogP contribution in [0.1, 0.15) is 18.8 Å². The number of fused-ring (bicyclic) bond motifs is 1. The van der Waals surface area contributed by atoms with E-state index >= 15 is 0 Å². The number of rotatable bonds is 6. The molecule has 2 heterocycles. The van der Waals surface area contributed by atoms with E-state index in [1.165, 1.54) is 0 Å². The quantitative estimate of drug-likeness (QED) is 0.672. The third-order valence-electron chi connectivity index (χ3n) is 5.47. The van der Waals surface area contributed by atoms with E-state index in [9.17, 15) is 4.79 Å². The number of aromatic amines is 1. The van der Waals surface area contributed by atoms with Crippen LogP contribution < -0.4 is 10.3 Å². The fourth-order valence-electron chi connectivity index (χ4n) is 3.67. The zero-order valence-electron chi connectivity index (χ0n) is 16.5. The van der Waals surface area contributed by atoms with Crippen LogP contribution in [0.2, 0.25) is 5.02 Å². The number of halogens is 1. The average molecular weight is 413 g/mol. The molecule has 7 heteroatoms. The molecule has 3 aromatic rings. The summed E-state index contributed by atoms with van der Waals surface area (Å²) in [4.78, 5) is 24.8. The molecule has 1 N–H and O–H groups in total. The minimum atomic E-state index is -0.0737. The van der Waals surface area contributed by atoms with E-state index in [2.05, 4.69) is 26.7 Å². The second kappa shape index (κ2) is 8.95. The second-order valence-corrected chi connectivity index (χ2v) is 7.76. The van der Waals surface area contributed by atoms with E-state index in [1.807, 2.05) is 42.5 Å². The van der Waals surface area contributed by atoms with Crippen molar-refractivity contribution in [1.29, 1.82) is 0 Å². The molecule has 1 aliphatic rings. The molecule has 6 nitrogen and oxygen atoms in total. The monoisotopic (exact) mass is 412 g/mol. The van der Waals surface area contributed by atoms with Gasteiger partial charge in [-0.2, -0.15) is 0 Å². The van der Waals surface area contributed by atoms with Crippen molar-refractivity contribution in [2.45, 2.75) is 13.0 Å². The molecule has 0 spiro atoms. The lowest BCUT2D eigenvalue weighted by molar-refractivity contribution is 0.0891. The van der Waals surface area contributed by atoms with Crippen LogP contribution in [-0.2, 0) is 0 Å². The zero-order chi connectivity index (χ0) is 20.2. The molecule has 1 fully saturated rings. The summed E-state index contributed by atoms with van der Waals surface area (Å²) in [5.41, 5.74) is 0.673. The van der Waals surface area contributed by atoms with Gasteiger partial charge in [0, 0.05) is 37.7 Å². The Morgan fingerprint density at radius 2 is 1.83 bits per heavy atom. The summed E-state index contributed by atoms with van der Waals surface area (Å²) in [6.45, 7) is 7.43. The van der Waals surface area contributed by atoms with Gasteiger partial charge in [0.15, 0.2) is 0 Å². The van der Waals surface area contributed by atoms with Gasteiger partial charge in [-0.3, -0.25) is 14.6 Å². The number of H-pyrrole nitrogens is 1. The van der Waals surface area contributed by atoms with Gasteiger partial charge in [0.25, 0.3) is 5.56 Å². The van der Waals surface area contributed by atoms with Crippen LogP contribution in [0.3, 0.4) is 0 Å². The van der Waals surface area contributed by atoms with E-state index in [4.69, 9.17) is 16.3 Å². The number of piperazine rings is 1. The topological polar surface area (TPSA) is 61.5 Å². The molecule has 1 saturated heterocycles. The molecule has 0 unspecified atom stereocenters. The second-order valence-electron chi connectivity index (χ2n) is 7.32. The highest BCUT2D eigenvalue weighted by molar-refractivity contribution is 6.30. The molecular weight excluding hydrogens is 388 g/mol. The summed E-state index contributed by atoms with van der Waals surface area (Å²) >= 11 is 5.90. The van der Waals surface area contributed by atoms with E-state index in [1.54, 1.807) is 6.07 Å². The predicted octanol–water partition coefficient (Wildman–Crippen LogP) is 3.33. The molecule has 2 aromatic carbocycles. The molecule has 0 bridgehead atoms. The van der Waals surface area contributed by atoms with Crippen molar-refractivity contribution in [2.24, 2.45) is 0 Å². The van der Waals surface area contributed by atoms with Crippen molar-refractivity contribution in [3.05, 3.63) is 69.7 Å². The Labute approximate surface area is 175 Å². The molecule has 1 aromatic heterocycles. The van der Waals surface area contributed by atoms with Crippen LogP contribution in [0, 0.1) is 0 Å². The fraction of sp³-hybridized carbons (Fsp3) is 0.364. The summed E-state index contributed by atoms with van der Waals surface area (Å²) < 4.78 is 5.80. The number of para-hydroxylation sites is 1. The minimum absolute atomic E-state index is 0.0692. The number of hydrogen-bond acceptors (Lipinski definition) is 5. The molecule has 0 amide bonds. The number of nitrogens with zero attached hydrogens (tertiary/aromatic N) is 3. The summed E-state index contributed by atoms with van der Waals surface area (Å²) in [6.07, 6.45) is 0. The van der Waals surface area contributed by atoms with E-state index in [-0.39, 0.29) is 11.6 Å². The first-order valence-electron chi connectivity index (χ1n) is 9.94. The highest BCUT2D eigenvalue weighted by atomic mass is 35.5. The van der Waals surface area contributed by atoms with E-state index < -0.39 is 0 Å². The molecule has 0 aliphatic carbocycles. The Morgan fingerprint density at radius 1 is 1.10 bits per heavy atom. The van der Waals surface area contributed by atoms with E-state index in [0.717, 1.165) is 49.8 Å². The highest BCUT2D eigenvalue weighted by Crippen LogP contribution is 2.20. The fourth-order valence-corrected chi connectivity index (χ4v) is 3.80. The standard InChI is InChI=1S/C22H25ClN4O2/c1-16(21-24-20-5-3-2-4-19(20)22(28)25-21)27-12-10-26(11-13-27)14-15-29-18-8-6-17(23)7-9-18/h2-9,16H,10-15H2,1H3,(H,24,25,28)/t16-/m0/s1. The molecule has 0 radical (unpaired) electrons. The lowest BCUT2D eigenvalue weighted by Gasteiger charge is -2.37. The van der Waals surface area contributed by atoms with Crippen LogP contribution in [0.15, 0.2) is 53.3 Å². The van der Waals surface area contributed by atoms with Crippen molar-refractivity contribution < 1.29 is 4.74 Å². The highest BCUT2D eigenvalue weighted by Gasteiger charge is 2.23. The van der Waals surface area contributed by atoms with E-state index in [0.29, 0.717) is 17.0 Å². The number of hydrogen-bond donors (Lipinski definition) is 1. The van der Waals surface area contributed by atoms with Crippen LogP contribution in [-0.4, -0.2) is 59.1 Å². The molecule has 0 saturated carbocycles. The molecule has 152 valence electrons. The first-order valence-corrected chi connectivity index (χ1v) is 10.3. The van der Waals surface area contributed by atoms with Gasteiger partial charge in [-0.15, -0.1) is 0 Å². The lowest BCUT2D eigenvalue weighted by Crippen LogP contribution is -2.48. The lowest BCUT2D eigenvalue weighted by atomic mass is 10.2. The smallest absolute Gasteiger partial charge is 0.258 e. The van der Waals surface area contributed by atoms with Crippen molar-refractivity contribution in [3.8, 4) is 5.75 Å². The van der Waals surface area contributed by atoms with Gasteiger partial charge >= 0.3 is 0 Å². The van der Waals surface area contributed by atoms with Crippen LogP contribution >= 0.6 is 11.6 Å². The first-order chi connectivity index (χ1) is 14.1. The van der Waals surface area contributed by atoms with Crippen LogP contribution in [0.25, 0.3) is 10.9 Å². The largest absolute Gasteiger partial charge is 0.492 e. The Balaban J connectivity index is 1.30. The number of nitrogens with one attached hydrogen (secondary N) is 1. The number of aromatic nitrogens is 2. The zero-order valence-corrected chi connectivity index (χ0v) is 17.2. The van der Waals surface area contributed by atoms with Gasteiger partial charge in [0.2, 0.25) is 0 Å². The molecular formula is C22H25ClN4O2. The molecule has 1 atom stereocenters. The molecule has 29 heavy (non-hydrogen) atoms. The van der Waals surface area contributed by atoms with Gasteiger partial charge in [-0.1, -0.05) is 23.7 Å². The average Bonchev–Trinajstić information content (AvgIpc) is 2.75. The maximum atomic E-state index is 12.3. The van der Waals surface area contributed by atoms with Gasteiger partial charge in [-0.05, 0) is 43.3 Å². The maximum absolute atomic E-state index is 12.3. The van der Waals surface area contributed by atoms with Crippen molar-refractivity contribution in [3.63, 3.8) is 0 Å². The SMILES string of the molecule is C[C@@H](c1nc2ccccc2c(=O)[nH]1)N1CCN(CCOc2ccc(Cl)cc2)CC1. The summed E-state index contributed by atoms with van der Waals surface area (Å²) in [5.74, 6) is 1.57. The first kappa shape index (κ1) is 19.9. The number of benzene rings is 2. The third-order valence-corrected chi connectivity index (χ3v) is 5.72. The summed E-state index contributed by atoms with van der Waals surface area (Å²) in [5, 5.41) is 1.35. The van der Waals surface area contributed by atoms with Crippen molar-refractivity contribution >= 4 is 22.5 Å². The van der Waals surface area contributed by atoms with Crippen LogP contribution in [0.4, 0.5) is 0 Å². The normalized spacial score (nSPS) is 16.8. The van der Waals surface area contributed by atoms with Crippen molar-refractivity contribution in [1.82, 2.24) is 19.8 Å². The number of ether oxygens (including phenoxy) is 1. The van der Waals surface area contributed by atoms with Gasteiger partial charge < -0.3 is 9.72 Å².